The van der Waals surface area contributed by atoms with Crippen molar-refractivity contribution in [2.45, 2.75) is 20.8 Å². The minimum Gasteiger partial charge on any atom is -0.422 e. The molecule has 5 heteroatoms. The van der Waals surface area contributed by atoms with Crippen LogP contribution in [0.2, 0.25) is 0 Å². The van der Waals surface area contributed by atoms with Crippen LogP contribution < -0.4 is 5.73 Å². The first kappa shape index (κ1) is 10.7. The first-order chi connectivity index (χ1) is 7.43. The van der Waals surface area contributed by atoms with Gasteiger partial charge in [-0.25, -0.2) is 4.68 Å². The Morgan fingerprint density at radius 2 is 2.12 bits per heavy atom. The van der Waals surface area contributed by atoms with E-state index >= 15 is 0 Å². The predicted octanol–water partition coefficient (Wildman–Crippen LogP) is 1.90. The Kier molecular flexibility index (Phi) is 2.26. The highest BCUT2D eigenvalue weighted by molar-refractivity contribution is 6.12. The molecule has 0 amide bonds. The molecule has 0 saturated heterocycles. The van der Waals surface area contributed by atoms with E-state index < -0.39 is 0 Å². The lowest BCUT2D eigenvalue weighted by molar-refractivity contribution is 0.0941. The highest BCUT2D eigenvalue weighted by Gasteiger charge is 2.25. The van der Waals surface area contributed by atoms with Gasteiger partial charge in [0.25, 0.3) is 0 Å². The van der Waals surface area contributed by atoms with E-state index in [2.05, 4.69) is 5.10 Å². The van der Waals surface area contributed by atoms with Crippen LogP contribution in [-0.4, -0.2) is 15.6 Å². The van der Waals surface area contributed by atoms with Gasteiger partial charge in [-0.3, -0.25) is 4.79 Å². The zero-order valence-electron chi connectivity index (χ0n) is 9.87. The first-order valence-corrected chi connectivity index (χ1v) is 5.19. The van der Waals surface area contributed by atoms with Gasteiger partial charge in [0.2, 0.25) is 11.6 Å². The molecule has 0 bridgehead atoms. The van der Waals surface area contributed by atoms with Crippen molar-refractivity contribution >= 4 is 22.8 Å². The molecule has 5 nitrogen and oxygen atoms in total. The van der Waals surface area contributed by atoms with Crippen molar-refractivity contribution in [1.29, 1.82) is 0 Å². The summed E-state index contributed by atoms with van der Waals surface area (Å²) in [6, 6.07) is 0. The van der Waals surface area contributed by atoms with Crippen LogP contribution in [0, 0.1) is 12.8 Å². The zero-order valence-corrected chi connectivity index (χ0v) is 9.87. The summed E-state index contributed by atoms with van der Waals surface area (Å²) in [7, 11) is 1.77. The van der Waals surface area contributed by atoms with Gasteiger partial charge in [0.05, 0.1) is 16.6 Å². The Morgan fingerprint density at radius 1 is 1.50 bits per heavy atom. The normalized spacial score (nSPS) is 11.6. The van der Waals surface area contributed by atoms with E-state index in [-0.39, 0.29) is 17.6 Å². The molecule has 0 spiro atoms. The summed E-state index contributed by atoms with van der Waals surface area (Å²) < 4.78 is 6.97. The quantitative estimate of drug-likeness (QED) is 0.786. The Balaban J connectivity index is 2.78. The van der Waals surface area contributed by atoms with Gasteiger partial charge in [0, 0.05) is 13.0 Å². The standard InChI is InChI=1S/C11H15N3O2/c1-5(2)9(15)8-7-6(3)13-14(4)11(7)16-10(8)12/h5H,12H2,1-4H3. The number of fused-ring (bicyclic) bond motifs is 1. The number of ketones is 1. The molecule has 0 unspecified atom stereocenters. The molecule has 2 aromatic rings. The van der Waals surface area contributed by atoms with Gasteiger partial charge in [-0.1, -0.05) is 13.8 Å². The molecular weight excluding hydrogens is 206 g/mol. The molecular formula is C11H15N3O2. The van der Waals surface area contributed by atoms with Crippen LogP contribution >= 0.6 is 0 Å². The molecule has 16 heavy (non-hydrogen) atoms. The Morgan fingerprint density at radius 3 is 2.69 bits per heavy atom. The van der Waals surface area contributed by atoms with E-state index in [4.69, 9.17) is 10.2 Å². The van der Waals surface area contributed by atoms with Gasteiger partial charge in [-0.15, -0.1) is 0 Å². The molecule has 0 fully saturated rings. The lowest BCUT2D eigenvalue weighted by Crippen LogP contribution is -2.09. The number of rotatable bonds is 2. The van der Waals surface area contributed by atoms with Crippen LogP contribution in [0.15, 0.2) is 4.42 Å². The third-order valence-electron chi connectivity index (χ3n) is 2.64. The molecule has 0 aliphatic heterocycles. The minimum absolute atomic E-state index is 0.00708. The molecule has 0 radical (unpaired) electrons. The monoisotopic (exact) mass is 221 g/mol. The molecule has 2 rings (SSSR count). The SMILES string of the molecule is Cc1nn(C)c2oc(N)c(C(=O)C(C)C)c12. The fourth-order valence-corrected chi connectivity index (χ4v) is 1.85. The van der Waals surface area contributed by atoms with Crippen molar-refractivity contribution in [1.82, 2.24) is 9.78 Å². The average Bonchev–Trinajstić information content (AvgIpc) is 2.65. The number of carbonyl (C=O) groups excluding carboxylic acids is 1. The second kappa shape index (κ2) is 3.37. The number of aryl methyl sites for hydroxylation is 2. The summed E-state index contributed by atoms with van der Waals surface area (Å²) in [5, 5.41) is 4.94. The van der Waals surface area contributed by atoms with Gasteiger partial charge in [-0.05, 0) is 6.92 Å². The lowest BCUT2D eigenvalue weighted by atomic mass is 10.0. The van der Waals surface area contributed by atoms with Crippen molar-refractivity contribution in [3.63, 3.8) is 0 Å². The molecule has 0 aliphatic carbocycles. The Labute approximate surface area is 93.2 Å². The molecule has 2 N–H and O–H groups in total. The molecule has 0 saturated carbocycles. The van der Waals surface area contributed by atoms with E-state index in [0.717, 1.165) is 11.1 Å². The lowest BCUT2D eigenvalue weighted by Gasteiger charge is -2.02. The number of Topliss-reactive ketones (excluding diaryl/α,β-unsaturated/α-hetero) is 1. The van der Waals surface area contributed by atoms with Crippen molar-refractivity contribution < 1.29 is 9.21 Å². The fraction of sp³-hybridized carbons (Fsp3) is 0.455. The fourth-order valence-electron chi connectivity index (χ4n) is 1.85. The third kappa shape index (κ3) is 1.31. The Hall–Kier alpha value is -1.78. The molecule has 0 atom stereocenters. The van der Waals surface area contributed by atoms with Gasteiger partial charge >= 0.3 is 0 Å². The van der Waals surface area contributed by atoms with Crippen molar-refractivity contribution in [2.24, 2.45) is 13.0 Å². The van der Waals surface area contributed by atoms with Crippen molar-refractivity contribution in [2.75, 3.05) is 5.73 Å². The molecule has 2 heterocycles. The van der Waals surface area contributed by atoms with E-state index in [1.807, 2.05) is 20.8 Å². The third-order valence-corrected chi connectivity index (χ3v) is 2.64. The van der Waals surface area contributed by atoms with Crippen LogP contribution in [0.3, 0.4) is 0 Å². The second-order valence-electron chi connectivity index (χ2n) is 4.25. The van der Waals surface area contributed by atoms with Crippen molar-refractivity contribution in [3.8, 4) is 0 Å². The summed E-state index contributed by atoms with van der Waals surface area (Å²) >= 11 is 0. The number of hydrogen-bond donors (Lipinski definition) is 1. The molecule has 0 aliphatic rings. The maximum atomic E-state index is 12.0. The second-order valence-corrected chi connectivity index (χ2v) is 4.25. The number of furan rings is 1. The molecule has 2 aromatic heterocycles. The summed E-state index contributed by atoms with van der Waals surface area (Å²) in [4.78, 5) is 12.0. The maximum Gasteiger partial charge on any atom is 0.228 e. The molecule has 86 valence electrons. The Bertz CT molecular complexity index is 563. The zero-order chi connectivity index (χ0) is 12.0. The smallest absolute Gasteiger partial charge is 0.228 e. The summed E-state index contributed by atoms with van der Waals surface area (Å²) in [5.41, 5.74) is 7.53. The number of hydrogen-bond acceptors (Lipinski definition) is 4. The van der Waals surface area contributed by atoms with Crippen molar-refractivity contribution in [3.05, 3.63) is 11.3 Å². The average molecular weight is 221 g/mol. The van der Waals surface area contributed by atoms with E-state index in [1.165, 1.54) is 0 Å². The van der Waals surface area contributed by atoms with Crippen LogP contribution in [0.5, 0.6) is 0 Å². The van der Waals surface area contributed by atoms with Crippen LogP contribution in [0.1, 0.15) is 29.9 Å². The van der Waals surface area contributed by atoms with E-state index in [1.54, 1.807) is 11.7 Å². The largest absolute Gasteiger partial charge is 0.422 e. The topological polar surface area (TPSA) is 74.1 Å². The molecule has 0 aromatic carbocycles. The van der Waals surface area contributed by atoms with Crippen LogP contribution in [-0.2, 0) is 7.05 Å². The minimum atomic E-state index is -0.109. The predicted molar refractivity (Wildman–Crippen MR) is 61.3 cm³/mol. The number of nitrogens with two attached hydrogens (primary N) is 1. The summed E-state index contributed by atoms with van der Waals surface area (Å²) in [5.74, 6) is 0.0693. The maximum absolute atomic E-state index is 12.0. The summed E-state index contributed by atoms with van der Waals surface area (Å²) in [6.07, 6.45) is 0. The first-order valence-electron chi connectivity index (χ1n) is 5.19. The van der Waals surface area contributed by atoms with Gasteiger partial charge in [0.1, 0.15) is 0 Å². The number of nitrogen functional groups attached to an aromatic ring is 1. The number of nitrogens with zero attached hydrogens (tertiary/aromatic N) is 2. The number of anilines is 1. The summed E-state index contributed by atoms with van der Waals surface area (Å²) in [6.45, 7) is 5.52. The highest BCUT2D eigenvalue weighted by Crippen LogP contribution is 2.31. The van der Waals surface area contributed by atoms with Crippen LogP contribution in [0.4, 0.5) is 5.88 Å². The van der Waals surface area contributed by atoms with E-state index in [9.17, 15) is 4.79 Å². The number of aromatic nitrogens is 2. The van der Waals surface area contributed by atoms with E-state index in [0.29, 0.717) is 11.3 Å². The van der Waals surface area contributed by atoms with Gasteiger partial charge in [-0.2, -0.15) is 5.10 Å². The van der Waals surface area contributed by atoms with Crippen LogP contribution in [0.25, 0.3) is 11.1 Å². The number of carbonyl (C=O) groups is 1. The van der Waals surface area contributed by atoms with Gasteiger partial charge in [0.15, 0.2) is 5.78 Å². The highest BCUT2D eigenvalue weighted by atomic mass is 16.4. The van der Waals surface area contributed by atoms with Gasteiger partial charge < -0.3 is 10.2 Å².